The smallest absolute Gasteiger partial charge is 0.271 e. The zero-order valence-corrected chi connectivity index (χ0v) is 11.5. The highest BCUT2D eigenvalue weighted by Gasteiger charge is 2.17. The Bertz CT molecular complexity index is 648. The van der Waals surface area contributed by atoms with Crippen LogP contribution in [0.3, 0.4) is 0 Å². The predicted octanol–water partition coefficient (Wildman–Crippen LogP) is 2.95. The normalized spacial score (nSPS) is 11.9. The van der Waals surface area contributed by atoms with Gasteiger partial charge in [-0.15, -0.1) is 0 Å². The zero-order valence-electron chi connectivity index (χ0n) is 10.7. The Kier molecular flexibility index (Phi) is 4.20. The summed E-state index contributed by atoms with van der Waals surface area (Å²) in [6.45, 7) is 1.68. The number of anilines is 1. The zero-order chi connectivity index (χ0) is 14.7. The van der Waals surface area contributed by atoms with Crippen molar-refractivity contribution in [3.8, 4) is 0 Å². The van der Waals surface area contributed by atoms with Gasteiger partial charge in [0.25, 0.3) is 5.91 Å². The summed E-state index contributed by atoms with van der Waals surface area (Å²) in [4.78, 5) is 16.0. The lowest BCUT2D eigenvalue weighted by atomic mass is 10.1. The van der Waals surface area contributed by atoms with Crippen LogP contribution in [0.1, 0.15) is 29.0 Å². The lowest BCUT2D eigenvalue weighted by Crippen LogP contribution is -2.28. The lowest BCUT2D eigenvalue weighted by molar-refractivity contribution is 0.0934. The van der Waals surface area contributed by atoms with E-state index in [1.807, 2.05) is 0 Å². The number of carbonyl (C=O) groups excluding carboxylic acids is 1. The molecular weight excluding hydrogens is 281 g/mol. The minimum Gasteiger partial charge on any atom is -0.384 e. The third-order valence-electron chi connectivity index (χ3n) is 2.80. The van der Waals surface area contributed by atoms with E-state index in [0.29, 0.717) is 5.56 Å². The first kappa shape index (κ1) is 14.3. The molecule has 0 saturated heterocycles. The Hall–Kier alpha value is -2.14. The number of hydrogen-bond acceptors (Lipinski definition) is 3. The molecule has 0 aliphatic heterocycles. The molecule has 20 heavy (non-hydrogen) atoms. The first-order chi connectivity index (χ1) is 9.49. The van der Waals surface area contributed by atoms with Gasteiger partial charge in [-0.1, -0.05) is 29.8 Å². The number of nitrogen functional groups attached to an aromatic ring is 1. The van der Waals surface area contributed by atoms with Crippen molar-refractivity contribution in [3.63, 3.8) is 0 Å². The molecule has 4 nitrogen and oxygen atoms in total. The van der Waals surface area contributed by atoms with Crippen molar-refractivity contribution in [3.05, 3.63) is 58.5 Å². The molecule has 6 heteroatoms. The second kappa shape index (κ2) is 5.88. The minimum atomic E-state index is -0.511. The van der Waals surface area contributed by atoms with Gasteiger partial charge in [-0.25, -0.2) is 9.37 Å². The summed E-state index contributed by atoms with van der Waals surface area (Å²) in [5.74, 6) is -0.692. The summed E-state index contributed by atoms with van der Waals surface area (Å²) < 4.78 is 13.6. The quantitative estimate of drug-likeness (QED) is 0.914. The SMILES string of the molecule is CC(NC(=O)c1nc(N)ccc1Cl)c1ccccc1F. The molecule has 1 amide bonds. The maximum absolute atomic E-state index is 13.6. The Morgan fingerprint density at radius 1 is 1.35 bits per heavy atom. The van der Waals surface area contributed by atoms with Crippen molar-refractivity contribution in [2.45, 2.75) is 13.0 Å². The van der Waals surface area contributed by atoms with Gasteiger partial charge < -0.3 is 11.1 Å². The predicted molar refractivity (Wildman–Crippen MR) is 75.9 cm³/mol. The topological polar surface area (TPSA) is 68.0 Å². The second-order valence-electron chi connectivity index (χ2n) is 4.28. The van der Waals surface area contributed by atoms with Gasteiger partial charge in [0.2, 0.25) is 0 Å². The number of carbonyl (C=O) groups is 1. The summed E-state index contributed by atoms with van der Waals surface area (Å²) in [7, 11) is 0. The Morgan fingerprint density at radius 3 is 2.75 bits per heavy atom. The van der Waals surface area contributed by atoms with Crippen LogP contribution in [0.25, 0.3) is 0 Å². The van der Waals surface area contributed by atoms with Crippen molar-refractivity contribution in [1.29, 1.82) is 0 Å². The maximum atomic E-state index is 13.6. The molecule has 1 heterocycles. The summed E-state index contributed by atoms with van der Waals surface area (Å²) >= 11 is 5.90. The third kappa shape index (κ3) is 3.05. The van der Waals surface area contributed by atoms with Crippen molar-refractivity contribution in [2.24, 2.45) is 0 Å². The molecule has 1 unspecified atom stereocenters. The molecule has 1 aromatic heterocycles. The van der Waals surface area contributed by atoms with Crippen molar-refractivity contribution >= 4 is 23.3 Å². The number of nitrogens with one attached hydrogen (secondary N) is 1. The molecule has 104 valence electrons. The fourth-order valence-electron chi connectivity index (χ4n) is 1.79. The van der Waals surface area contributed by atoms with Crippen LogP contribution in [0.5, 0.6) is 0 Å². The fourth-order valence-corrected chi connectivity index (χ4v) is 1.98. The number of hydrogen-bond donors (Lipinski definition) is 2. The summed E-state index contributed by atoms with van der Waals surface area (Å²) in [5, 5.41) is 2.83. The number of nitrogens with zero attached hydrogens (tertiary/aromatic N) is 1. The molecule has 1 aromatic carbocycles. The van der Waals surface area contributed by atoms with Crippen molar-refractivity contribution in [2.75, 3.05) is 5.73 Å². The molecule has 1 atom stereocenters. The molecule has 0 fully saturated rings. The Morgan fingerprint density at radius 2 is 2.05 bits per heavy atom. The van der Waals surface area contributed by atoms with Crippen molar-refractivity contribution in [1.82, 2.24) is 10.3 Å². The molecule has 2 rings (SSSR count). The van der Waals surface area contributed by atoms with Gasteiger partial charge in [0.05, 0.1) is 11.1 Å². The molecule has 0 spiro atoms. The number of amides is 1. The van der Waals surface area contributed by atoms with Gasteiger partial charge >= 0.3 is 0 Å². The van der Waals surface area contributed by atoms with Gasteiger partial charge in [0, 0.05) is 5.56 Å². The highest BCUT2D eigenvalue weighted by atomic mass is 35.5. The van der Waals surface area contributed by atoms with Crippen LogP contribution in [0.15, 0.2) is 36.4 Å². The van der Waals surface area contributed by atoms with Crippen LogP contribution in [-0.2, 0) is 0 Å². The van der Waals surface area contributed by atoms with E-state index in [0.717, 1.165) is 0 Å². The van der Waals surface area contributed by atoms with E-state index < -0.39 is 11.9 Å². The van der Waals surface area contributed by atoms with Crippen LogP contribution in [0.4, 0.5) is 10.2 Å². The maximum Gasteiger partial charge on any atom is 0.271 e. The van der Waals surface area contributed by atoms with Crippen LogP contribution < -0.4 is 11.1 Å². The summed E-state index contributed by atoms with van der Waals surface area (Å²) in [6.07, 6.45) is 0. The third-order valence-corrected chi connectivity index (χ3v) is 3.11. The standard InChI is InChI=1S/C14H13ClFN3O/c1-8(9-4-2-3-5-11(9)16)18-14(20)13-10(15)6-7-12(17)19-13/h2-8H,1H3,(H2,17,19)(H,18,20). The van der Waals surface area contributed by atoms with E-state index in [1.165, 1.54) is 18.2 Å². The first-order valence-electron chi connectivity index (χ1n) is 5.96. The van der Waals surface area contributed by atoms with Crippen molar-refractivity contribution < 1.29 is 9.18 Å². The van der Waals surface area contributed by atoms with Gasteiger partial charge in [-0.05, 0) is 25.1 Å². The molecule has 2 aromatic rings. The fraction of sp³-hybridized carbons (Fsp3) is 0.143. The van der Waals surface area contributed by atoms with Crippen LogP contribution in [-0.4, -0.2) is 10.9 Å². The van der Waals surface area contributed by atoms with Gasteiger partial charge in [-0.3, -0.25) is 4.79 Å². The monoisotopic (exact) mass is 293 g/mol. The van der Waals surface area contributed by atoms with Crippen LogP contribution >= 0.6 is 11.6 Å². The molecule has 0 radical (unpaired) electrons. The van der Waals surface area contributed by atoms with Crippen LogP contribution in [0, 0.1) is 5.82 Å². The molecular formula is C14H13ClFN3O. The number of benzene rings is 1. The number of aromatic nitrogens is 1. The van der Waals surface area contributed by atoms with E-state index in [-0.39, 0.29) is 22.4 Å². The first-order valence-corrected chi connectivity index (χ1v) is 6.34. The van der Waals surface area contributed by atoms with Gasteiger partial charge in [0.1, 0.15) is 17.3 Å². The highest BCUT2D eigenvalue weighted by Crippen LogP contribution is 2.19. The van der Waals surface area contributed by atoms with E-state index in [2.05, 4.69) is 10.3 Å². The molecule has 3 N–H and O–H groups in total. The van der Waals surface area contributed by atoms with E-state index in [1.54, 1.807) is 25.1 Å². The molecule has 0 aliphatic rings. The van der Waals surface area contributed by atoms with E-state index in [4.69, 9.17) is 17.3 Å². The summed E-state index contributed by atoms with van der Waals surface area (Å²) in [5.41, 5.74) is 5.93. The molecule has 0 aliphatic carbocycles. The molecule has 0 bridgehead atoms. The average molecular weight is 294 g/mol. The number of nitrogens with two attached hydrogens (primary N) is 1. The summed E-state index contributed by atoms with van der Waals surface area (Å²) in [6, 6.07) is 8.71. The van der Waals surface area contributed by atoms with Gasteiger partial charge in [-0.2, -0.15) is 0 Å². The Balaban J connectivity index is 2.20. The number of halogens is 2. The number of rotatable bonds is 3. The van der Waals surface area contributed by atoms with E-state index >= 15 is 0 Å². The number of pyridine rings is 1. The van der Waals surface area contributed by atoms with Crippen LogP contribution in [0.2, 0.25) is 5.02 Å². The average Bonchev–Trinajstić information content (AvgIpc) is 2.41. The van der Waals surface area contributed by atoms with E-state index in [9.17, 15) is 9.18 Å². The Labute approximate surface area is 120 Å². The second-order valence-corrected chi connectivity index (χ2v) is 4.69. The largest absolute Gasteiger partial charge is 0.384 e. The van der Waals surface area contributed by atoms with Gasteiger partial charge in [0.15, 0.2) is 0 Å². The lowest BCUT2D eigenvalue weighted by Gasteiger charge is -2.15. The molecule has 0 saturated carbocycles. The minimum absolute atomic E-state index is 0.0230. The highest BCUT2D eigenvalue weighted by molar-refractivity contribution is 6.33.